The summed E-state index contributed by atoms with van der Waals surface area (Å²) in [6.07, 6.45) is 1.42. The van der Waals surface area contributed by atoms with Gasteiger partial charge in [-0.25, -0.2) is 4.39 Å². The van der Waals surface area contributed by atoms with E-state index in [4.69, 9.17) is 5.26 Å². The number of nitriles is 1. The number of amides is 1. The third-order valence-electron chi connectivity index (χ3n) is 1.85. The standard InChI is InChI=1S/C12H12FN3O/c1-16(2)8-9(7-14)12(17)15-11-5-3-10(13)4-6-11/h3-6,8H,1-2H3,(H,15,17)/b9-8+. The average molecular weight is 233 g/mol. The Morgan fingerprint density at radius 2 is 2.00 bits per heavy atom. The van der Waals surface area contributed by atoms with Crippen molar-refractivity contribution in [1.29, 1.82) is 5.26 Å². The van der Waals surface area contributed by atoms with Gasteiger partial charge in [-0.3, -0.25) is 4.79 Å². The zero-order valence-electron chi connectivity index (χ0n) is 9.57. The maximum absolute atomic E-state index is 12.6. The van der Waals surface area contributed by atoms with Crippen LogP contribution in [0.2, 0.25) is 0 Å². The molecule has 5 heteroatoms. The minimum atomic E-state index is -0.521. The number of halogens is 1. The lowest BCUT2D eigenvalue weighted by Gasteiger charge is -2.07. The van der Waals surface area contributed by atoms with Crippen LogP contribution in [0.25, 0.3) is 0 Å². The minimum Gasteiger partial charge on any atom is -0.382 e. The Morgan fingerprint density at radius 1 is 1.41 bits per heavy atom. The predicted molar refractivity (Wildman–Crippen MR) is 62.4 cm³/mol. The fraction of sp³-hybridized carbons (Fsp3) is 0.167. The summed E-state index contributed by atoms with van der Waals surface area (Å²) in [4.78, 5) is 13.2. The lowest BCUT2D eigenvalue weighted by atomic mass is 10.2. The van der Waals surface area contributed by atoms with E-state index in [0.717, 1.165) is 0 Å². The van der Waals surface area contributed by atoms with E-state index in [9.17, 15) is 9.18 Å². The number of carbonyl (C=O) groups excluding carboxylic acids is 1. The number of nitrogens with zero attached hydrogens (tertiary/aromatic N) is 2. The average Bonchev–Trinajstić information content (AvgIpc) is 2.28. The Labute approximate surface area is 99.0 Å². The zero-order chi connectivity index (χ0) is 12.8. The Morgan fingerprint density at radius 3 is 2.47 bits per heavy atom. The Kier molecular flexibility index (Phi) is 4.23. The summed E-state index contributed by atoms with van der Waals surface area (Å²) in [6, 6.07) is 7.12. The van der Waals surface area contributed by atoms with Gasteiger partial charge in [0.1, 0.15) is 17.5 Å². The first-order valence-corrected chi connectivity index (χ1v) is 4.88. The van der Waals surface area contributed by atoms with Gasteiger partial charge in [-0.1, -0.05) is 0 Å². The van der Waals surface area contributed by atoms with Gasteiger partial charge in [0.05, 0.1) is 0 Å². The number of rotatable bonds is 3. The van der Waals surface area contributed by atoms with Crippen LogP contribution in [0.3, 0.4) is 0 Å². The minimum absolute atomic E-state index is 0.0145. The van der Waals surface area contributed by atoms with Crippen LogP contribution >= 0.6 is 0 Å². The molecule has 88 valence electrons. The molecule has 0 bridgehead atoms. The van der Waals surface area contributed by atoms with Crippen molar-refractivity contribution >= 4 is 11.6 Å². The summed E-state index contributed by atoms with van der Waals surface area (Å²) in [7, 11) is 3.42. The van der Waals surface area contributed by atoms with E-state index in [1.54, 1.807) is 25.1 Å². The van der Waals surface area contributed by atoms with Crippen molar-refractivity contribution in [1.82, 2.24) is 4.90 Å². The first kappa shape index (κ1) is 12.7. The second kappa shape index (κ2) is 5.66. The molecule has 0 aliphatic carbocycles. The largest absolute Gasteiger partial charge is 0.382 e. The summed E-state index contributed by atoms with van der Waals surface area (Å²) >= 11 is 0. The highest BCUT2D eigenvalue weighted by Crippen LogP contribution is 2.09. The molecular formula is C12H12FN3O. The molecule has 0 fully saturated rings. The van der Waals surface area contributed by atoms with Crippen LogP contribution in [0, 0.1) is 17.1 Å². The summed E-state index contributed by atoms with van der Waals surface area (Å²) < 4.78 is 12.6. The third kappa shape index (κ3) is 3.95. The van der Waals surface area contributed by atoms with Gasteiger partial charge in [0.15, 0.2) is 0 Å². The second-order valence-corrected chi connectivity index (χ2v) is 3.58. The van der Waals surface area contributed by atoms with E-state index in [1.807, 2.05) is 0 Å². The van der Waals surface area contributed by atoms with Crippen molar-refractivity contribution in [2.75, 3.05) is 19.4 Å². The quantitative estimate of drug-likeness (QED) is 0.639. The molecule has 0 aliphatic heterocycles. The molecule has 0 saturated heterocycles. The van der Waals surface area contributed by atoms with Gasteiger partial charge >= 0.3 is 0 Å². The van der Waals surface area contributed by atoms with E-state index >= 15 is 0 Å². The van der Waals surface area contributed by atoms with Crippen LogP contribution in [-0.2, 0) is 4.79 Å². The monoisotopic (exact) mass is 233 g/mol. The molecule has 0 unspecified atom stereocenters. The van der Waals surface area contributed by atoms with Crippen molar-refractivity contribution in [2.45, 2.75) is 0 Å². The number of benzene rings is 1. The van der Waals surface area contributed by atoms with Gasteiger partial charge in [0.25, 0.3) is 5.91 Å². The highest BCUT2D eigenvalue weighted by atomic mass is 19.1. The van der Waals surface area contributed by atoms with Gasteiger partial charge in [0.2, 0.25) is 0 Å². The van der Waals surface area contributed by atoms with E-state index in [2.05, 4.69) is 5.32 Å². The van der Waals surface area contributed by atoms with Gasteiger partial charge in [0, 0.05) is 26.0 Å². The fourth-order valence-electron chi connectivity index (χ4n) is 1.13. The molecule has 1 rings (SSSR count). The number of carbonyl (C=O) groups is 1. The van der Waals surface area contributed by atoms with Crippen LogP contribution < -0.4 is 5.32 Å². The maximum Gasteiger partial charge on any atom is 0.267 e. The third-order valence-corrected chi connectivity index (χ3v) is 1.85. The van der Waals surface area contributed by atoms with Crippen molar-refractivity contribution < 1.29 is 9.18 Å². The van der Waals surface area contributed by atoms with E-state index in [1.165, 1.54) is 30.5 Å². The zero-order valence-corrected chi connectivity index (χ0v) is 9.57. The maximum atomic E-state index is 12.6. The van der Waals surface area contributed by atoms with Gasteiger partial charge < -0.3 is 10.2 Å². The Bertz CT molecular complexity index is 472. The first-order valence-electron chi connectivity index (χ1n) is 4.88. The molecule has 0 radical (unpaired) electrons. The molecule has 1 aromatic rings. The van der Waals surface area contributed by atoms with Crippen molar-refractivity contribution in [3.05, 3.63) is 41.9 Å². The first-order chi connectivity index (χ1) is 8.02. The SMILES string of the molecule is CN(C)/C=C(\C#N)C(=O)Nc1ccc(F)cc1. The molecule has 0 aromatic heterocycles. The second-order valence-electron chi connectivity index (χ2n) is 3.58. The normalized spacial score (nSPS) is 10.6. The molecule has 4 nitrogen and oxygen atoms in total. The van der Waals surface area contributed by atoms with Crippen molar-refractivity contribution in [3.63, 3.8) is 0 Å². The summed E-state index contributed by atoms with van der Waals surface area (Å²) in [5.74, 6) is -0.903. The van der Waals surface area contributed by atoms with Gasteiger partial charge in [-0.05, 0) is 24.3 Å². The van der Waals surface area contributed by atoms with Crippen LogP contribution in [0.4, 0.5) is 10.1 Å². The molecule has 1 aromatic carbocycles. The van der Waals surface area contributed by atoms with Gasteiger partial charge in [-0.2, -0.15) is 5.26 Å². The summed E-state index contributed by atoms with van der Waals surface area (Å²) in [6.45, 7) is 0. The highest BCUT2D eigenvalue weighted by Gasteiger charge is 2.09. The van der Waals surface area contributed by atoms with Crippen molar-refractivity contribution in [3.8, 4) is 6.07 Å². The summed E-state index contributed by atoms with van der Waals surface area (Å²) in [5.41, 5.74) is 0.427. The van der Waals surface area contributed by atoms with Crippen LogP contribution in [0.5, 0.6) is 0 Å². The molecule has 0 saturated carbocycles. The molecule has 0 aliphatic rings. The van der Waals surface area contributed by atoms with E-state index in [0.29, 0.717) is 5.69 Å². The van der Waals surface area contributed by atoms with E-state index < -0.39 is 5.91 Å². The van der Waals surface area contributed by atoms with Crippen molar-refractivity contribution in [2.24, 2.45) is 0 Å². The lowest BCUT2D eigenvalue weighted by molar-refractivity contribution is -0.112. The number of anilines is 1. The molecule has 1 amide bonds. The number of nitrogens with one attached hydrogen (secondary N) is 1. The number of hydrogen-bond acceptors (Lipinski definition) is 3. The molecule has 1 N–H and O–H groups in total. The summed E-state index contributed by atoms with van der Waals surface area (Å²) in [5, 5.41) is 11.3. The molecule has 0 heterocycles. The van der Waals surface area contributed by atoms with Gasteiger partial charge in [-0.15, -0.1) is 0 Å². The number of hydrogen-bond donors (Lipinski definition) is 1. The van der Waals surface area contributed by atoms with Crippen LogP contribution in [0.15, 0.2) is 36.0 Å². The molecule has 17 heavy (non-hydrogen) atoms. The topological polar surface area (TPSA) is 56.1 Å². The fourth-order valence-corrected chi connectivity index (χ4v) is 1.13. The molecule has 0 atom stereocenters. The van der Waals surface area contributed by atoms with E-state index in [-0.39, 0.29) is 11.4 Å². The Balaban J connectivity index is 2.79. The molecule has 0 spiro atoms. The Hall–Kier alpha value is -2.35. The van der Waals surface area contributed by atoms with Crippen LogP contribution in [-0.4, -0.2) is 24.9 Å². The highest BCUT2D eigenvalue weighted by molar-refractivity contribution is 6.06. The molecular weight excluding hydrogens is 221 g/mol. The smallest absolute Gasteiger partial charge is 0.267 e. The predicted octanol–water partition coefficient (Wildman–Crippen LogP) is 1.73. The van der Waals surface area contributed by atoms with Crippen LogP contribution in [0.1, 0.15) is 0 Å². The lowest BCUT2D eigenvalue weighted by Crippen LogP contribution is -2.16.